The van der Waals surface area contributed by atoms with Crippen LogP contribution in [0.5, 0.6) is 5.75 Å². The molecular weight excluding hydrogens is 344 g/mol. The van der Waals surface area contributed by atoms with E-state index in [4.69, 9.17) is 9.47 Å². The molecule has 1 aromatic rings. The van der Waals surface area contributed by atoms with Crippen LogP contribution in [0.2, 0.25) is 0 Å². The average molecular weight is 367 g/mol. The van der Waals surface area contributed by atoms with Crippen LogP contribution in [0, 0.1) is 11.3 Å². The maximum absolute atomic E-state index is 13.3. The molecule has 7 heteroatoms. The Morgan fingerprint density at radius 3 is 2.54 bits per heavy atom. The summed E-state index contributed by atoms with van der Waals surface area (Å²) in [7, 11) is 1.60. The summed E-state index contributed by atoms with van der Waals surface area (Å²) in [5.41, 5.74) is 0.0739. The van der Waals surface area contributed by atoms with Crippen LogP contribution in [0.1, 0.15) is 24.8 Å². The number of alkyl halides is 2. The zero-order chi connectivity index (χ0) is 18.5. The number of aliphatic hydroxyl groups excluding tert-OH is 1. The maximum Gasteiger partial charge on any atom is 0.309 e. The normalized spacial score (nSPS) is 37.2. The first-order chi connectivity index (χ1) is 12.3. The topological polar surface area (TPSA) is 67.8 Å². The highest BCUT2D eigenvalue weighted by molar-refractivity contribution is 5.74. The standard InChI is InChI=1S/C19H23F2NO4/c1-25-13-4-2-11(3-5-13)6-14-16(15(23)9-22-14)26-17(24)12-7-18(8-12)10-19(18,20)21/h2-5,12,14-16,22-23H,6-10H2,1H3. The molecule has 1 spiro atoms. The van der Waals surface area contributed by atoms with Gasteiger partial charge < -0.3 is 19.9 Å². The van der Waals surface area contributed by atoms with Crippen LogP contribution >= 0.6 is 0 Å². The number of β-amino-alcohol motifs (C(OH)–C–C–N with tert-alkyl or cyclic N) is 1. The van der Waals surface area contributed by atoms with Crippen LogP contribution in [0.15, 0.2) is 24.3 Å². The molecule has 0 radical (unpaired) electrons. The summed E-state index contributed by atoms with van der Waals surface area (Å²) in [4.78, 5) is 12.3. The minimum Gasteiger partial charge on any atom is -0.497 e. The Labute approximate surface area is 150 Å². The highest BCUT2D eigenvalue weighted by Gasteiger charge is 2.76. The molecule has 2 N–H and O–H groups in total. The van der Waals surface area contributed by atoms with Crippen molar-refractivity contribution in [2.45, 2.75) is 49.9 Å². The van der Waals surface area contributed by atoms with E-state index in [1.165, 1.54) is 0 Å². The Morgan fingerprint density at radius 2 is 1.96 bits per heavy atom. The molecule has 142 valence electrons. The Morgan fingerprint density at radius 1 is 1.31 bits per heavy atom. The van der Waals surface area contributed by atoms with Gasteiger partial charge in [0.25, 0.3) is 5.92 Å². The third kappa shape index (κ3) is 2.97. The van der Waals surface area contributed by atoms with Gasteiger partial charge in [0.1, 0.15) is 18.0 Å². The number of benzene rings is 1. The third-order valence-corrected chi connectivity index (χ3v) is 6.05. The van der Waals surface area contributed by atoms with E-state index in [1.54, 1.807) is 7.11 Å². The second-order valence-corrected chi connectivity index (χ2v) is 7.80. The van der Waals surface area contributed by atoms with Gasteiger partial charge in [0, 0.05) is 18.4 Å². The zero-order valence-electron chi connectivity index (χ0n) is 14.6. The molecule has 5 nitrogen and oxygen atoms in total. The van der Waals surface area contributed by atoms with Gasteiger partial charge in [0.05, 0.1) is 19.1 Å². The Balaban J connectivity index is 1.34. The summed E-state index contributed by atoms with van der Waals surface area (Å²) in [5, 5.41) is 13.3. The second kappa shape index (κ2) is 6.16. The monoisotopic (exact) mass is 367 g/mol. The van der Waals surface area contributed by atoms with E-state index in [0.29, 0.717) is 13.0 Å². The first-order valence-electron chi connectivity index (χ1n) is 8.96. The molecule has 3 atom stereocenters. The van der Waals surface area contributed by atoms with Crippen molar-refractivity contribution in [1.82, 2.24) is 5.32 Å². The lowest BCUT2D eigenvalue weighted by Gasteiger charge is -2.35. The predicted octanol–water partition coefficient (Wildman–Crippen LogP) is 1.92. The molecule has 3 aliphatic rings. The highest BCUT2D eigenvalue weighted by Crippen LogP contribution is 2.72. The van der Waals surface area contributed by atoms with Crippen molar-refractivity contribution >= 4 is 5.97 Å². The first-order valence-corrected chi connectivity index (χ1v) is 8.96. The highest BCUT2D eigenvalue weighted by atomic mass is 19.3. The van der Waals surface area contributed by atoms with E-state index < -0.39 is 35.4 Å². The fourth-order valence-electron chi connectivity index (χ4n) is 4.24. The molecule has 4 rings (SSSR count). The van der Waals surface area contributed by atoms with Gasteiger partial charge in [-0.2, -0.15) is 0 Å². The molecule has 26 heavy (non-hydrogen) atoms. The maximum atomic E-state index is 13.3. The summed E-state index contributed by atoms with van der Waals surface area (Å²) < 4.78 is 37.2. The minimum absolute atomic E-state index is 0.114. The van der Waals surface area contributed by atoms with Crippen molar-refractivity contribution in [3.05, 3.63) is 29.8 Å². The number of carbonyl (C=O) groups is 1. The number of aliphatic hydroxyl groups is 1. The van der Waals surface area contributed by atoms with Crippen LogP contribution in [0.25, 0.3) is 0 Å². The molecule has 1 saturated heterocycles. The van der Waals surface area contributed by atoms with E-state index in [1.807, 2.05) is 24.3 Å². The van der Waals surface area contributed by atoms with Gasteiger partial charge >= 0.3 is 5.97 Å². The second-order valence-electron chi connectivity index (χ2n) is 7.80. The number of halogens is 2. The molecule has 3 fully saturated rings. The zero-order valence-corrected chi connectivity index (χ0v) is 14.6. The summed E-state index contributed by atoms with van der Waals surface area (Å²) in [6.07, 6.45) is -0.598. The van der Waals surface area contributed by atoms with Gasteiger partial charge in [-0.1, -0.05) is 12.1 Å². The lowest BCUT2D eigenvalue weighted by Crippen LogP contribution is -2.43. The van der Waals surface area contributed by atoms with Crippen LogP contribution < -0.4 is 10.1 Å². The number of carbonyl (C=O) groups excluding carboxylic acids is 1. The van der Waals surface area contributed by atoms with Crippen molar-refractivity contribution in [3.63, 3.8) is 0 Å². The number of hydrogen-bond donors (Lipinski definition) is 2. The van der Waals surface area contributed by atoms with Crippen LogP contribution in [0.4, 0.5) is 8.78 Å². The molecular formula is C19H23F2NO4. The molecule has 0 bridgehead atoms. The fourth-order valence-corrected chi connectivity index (χ4v) is 4.24. The van der Waals surface area contributed by atoms with Crippen molar-refractivity contribution in [3.8, 4) is 5.75 Å². The number of rotatable bonds is 5. The van der Waals surface area contributed by atoms with Crippen molar-refractivity contribution in [2.24, 2.45) is 11.3 Å². The number of hydrogen-bond acceptors (Lipinski definition) is 5. The largest absolute Gasteiger partial charge is 0.497 e. The van der Waals surface area contributed by atoms with E-state index >= 15 is 0 Å². The fraction of sp³-hybridized carbons (Fsp3) is 0.632. The summed E-state index contributed by atoms with van der Waals surface area (Å²) in [5.74, 6) is -2.80. The van der Waals surface area contributed by atoms with Gasteiger partial charge in [-0.05, 0) is 37.0 Å². The number of methoxy groups -OCH3 is 1. The Bertz CT molecular complexity index is 687. The van der Waals surface area contributed by atoms with E-state index in [9.17, 15) is 18.7 Å². The summed E-state index contributed by atoms with van der Waals surface area (Å²) >= 11 is 0. The van der Waals surface area contributed by atoms with Gasteiger partial charge in [-0.15, -0.1) is 0 Å². The van der Waals surface area contributed by atoms with Crippen molar-refractivity contribution < 1.29 is 28.2 Å². The van der Waals surface area contributed by atoms with Crippen molar-refractivity contribution in [1.29, 1.82) is 0 Å². The molecule has 0 aromatic heterocycles. The van der Waals surface area contributed by atoms with Gasteiger partial charge in [-0.3, -0.25) is 4.79 Å². The average Bonchev–Trinajstić information content (AvgIpc) is 3.03. The quantitative estimate of drug-likeness (QED) is 0.779. The molecule has 1 aromatic carbocycles. The predicted molar refractivity (Wildman–Crippen MR) is 89.1 cm³/mol. The first kappa shape index (κ1) is 17.7. The minimum atomic E-state index is -2.62. The van der Waals surface area contributed by atoms with E-state index in [-0.39, 0.29) is 25.3 Å². The number of nitrogens with one attached hydrogen (secondary N) is 1. The summed E-state index contributed by atoms with van der Waals surface area (Å²) in [6.45, 7) is 0.339. The molecule has 2 aliphatic carbocycles. The third-order valence-electron chi connectivity index (χ3n) is 6.05. The number of ether oxygens (including phenoxy) is 2. The Kier molecular flexibility index (Phi) is 4.19. The molecule has 1 heterocycles. The van der Waals surface area contributed by atoms with Crippen molar-refractivity contribution in [2.75, 3.05) is 13.7 Å². The van der Waals surface area contributed by atoms with Gasteiger partial charge in [0.2, 0.25) is 0 Å². The molecule has 2 saturated carbocycles. The van der Waals surface area contributed by atoms with Crippen LogP contribution in [-0.2, 0) is 16.0 Å². The van der Waals surface area contributed by atoms with Crippen LogP contribution in [-0.4, -0.2) is 48.9 Å². The van der Waals surface area contributed by atoms with Gasteiger partial charge in [0.15, 0.2) is 0 Å². The lowest BCUT2D eigenvalue weighted by molar-refractivity contribution is -0.166. The molecule has 3 unspecified atom stereocenters. The molecule has 1 aliphatic heterocycles. The van der Waals surface area contributed by atoms with Gasteiger partial charge in [-0.25, -0.2) is 8.78 Å². The SMILES string of the molecule is COc1ccc(CC2NCC(O)C2OC(=O)C2CC3(C2)CC3(F)F)cc1. The molecule has 0 amide bonds. The van der Waals surface area contributed by atoms with E-state index in [0.717, 1.165) is 11.3 Å². The summed E-state index contributed by atoms with van der Waals surface area (Å²) in [6, 6.07) is 7.35. The van der Waals surface area contributed by atoms with Crippen LogP contribution in [0.3, 0.4) is 0 Å². The van der Waals surface area contributed by atoms with E-state index in [2.05, 4.69) is 5.32 Å². The Hall–Kier alpha value is -1.73. The lowest BCUT2D eigenvalue weighted by atomic mass is 9.71. The number of esters is 1. The smallest absolute Gasteiger partial charge is 0.309 e.